The first kappa shape index (κ1) is 8.68. The number of nitrogens with one attached hydrogen (secondary N) is 1. The predicted molar refractivity (Wildman–Crippen MR) is 48.9 cm³/mol. The molecule has 0 spiro atoms. The van der Waals surface area contributed by atoms with Gasteiger partial charge in [-0.2, -0.15) is 4.98 Å². The van der Waals surface area contributed by atoms with Crippen LogP contribution < -0.4 is 10.4 Å². The Hall–Kier alpha value is -1.91. The maximum absolute atomic E-state index is 13.3. The van der Waals surface area contributed by atoms with Crippen molar-refractivity contribution in [2.24, 2.45) is 0 Å². The van der Waals surface area contributed by atoms with Gasteiger partial charge in [0.1, 0.15) is 5.82 Å². The molecule has 0 bridgehead atoms. The van der Waals surface area contributed by atoms with Crippen LogP contribution in [0.4, 0.5) is 4.39 Å². The third kappa shape index (κ3) is 1.22. The molecule has 14 heavy (non-hydrogen) atoms. The molecule has 1 aromatic carbocycles. The van der Waals surface area contributed by atoms with Crippen molar-refractivity contribution in [3.05, 3.63) is 34.5 Å². The average molecular weight is 194 g/mol. The summed E-state index contributed by atoms with van der Waals surface area (Å²) in [6.45, 7) is 0. The lowest BCUT2D eigenvalue weighted by Gasteiger charge is -2.03. The van der Waals surface area contributed by atoms with Crippen molar-refractivity contribution in [3.63, 3.8) is 0 Å². The summed E-state index contributed by atoms with van der Waals surface area (Å²) in [6.07, 6.45) is 0. The summed E-state index contributed by atoms with van der Waals surface area (Å²) in [7, 11) is 1.34. The molecule has 2 aromatic rings. The second kappa shape index (κ2) is 3.10. The molecule has 4 nitrogen and oxygen atoms in total. The van der Waals surface area contributed by atoms with E-state index in [2.05, 4.69) is 9.97 Å². The van der Waals surface area contributed by atoms with E-state index in [-0.39, 0.29) is 11.3 Å². The van der Waals surface area contributed by atoms with Crippen LogP contribution in [0.15, 0.2) is 23.0 Å². The van der Waals surface area contributed by atoms with Gasteiger partial charge in [0.25, 0.3) is 0 Å². The number of rotatable bonds is 1. The number of benzene rings is 1. The SMILES string of the molecule is COc1nc(=O)[nH]c2cccc(F)c12. The Morgan fingerprint density at radius 3 is 3.00 bits per heavy atom. The fraction of sp³-hybridized carbons (Fsp3) is 0.111. The van der Waals surface area contributed by atoms with Crippen molar-refractivity contribution in [2.75, 3.05) is 7.11 Å². The van der Waals surface area contributed by atoms with E-state index in [0.29, 0.717) is 5.52 Å². The van der Waals surface area contributed by atoms with E-state index in [1.54, 1.807) is 6.07 Å². The Morgan fingerprint density at radius 2 is 2.29 bits per heavy atom. The third-order valence-corrected chi connectivity index (χ3v) is 1.87. The van der Waals surface area contributed by atoms with Crippen molar-refractivity contribution >= 4 is 10.9 Å². The molecule has 0 aliphatic rings. The number of hydrogen-bond donors (Lipinski definition) is 1. The first-order valence-corrected chi connectivity index (χ1v) is 3.95. The normalized spacial score (nSPS) is 10.4. The van der Waals surface area contributed by atoms with Crippen LogP contribution in [-0.4, -0.2) is 17.1 Å². The second-order valence-corrected chi connectivity index (χ2v) is 2.71. The molecule has 72 valence electrons. The van der Waals surface area contributed by atoms with Crippen molar-refractivity contribution in [1.82, 2.24) is 9.97 Å². The number of hydrogen-bond acceptors (Lipinski definition) is 3. The molecule has 0 unspecified atom stereocenters. The number of aromatic amines is 1. The first-order chi connectivity index (χ1) is 6.72. The fourth-order valence-corrected chi connectivity index (χ4v) is 1.28. The summed E-state index contributed by atoms with van der Waals surface area (Å²) in [5.41, 5.74) is -0.179. The summed E-state index contributed by atoms with van der Waals surface area (Å²) in [6, 6.07) is 4.38. The molecule has 1 heterocycles. The van der Waals surface area contributed by atoms with E-state index in [4.69, 9.17) is 4.74 Å². The number of H-pyrrole nitrogens is 1. The van der Waals surface area contributed by atoms with Gasteiger partial charge in [0.05, 0.1) is 18.0 Å². The highest BCUT2D eigenvalue weighted by molar-refractivity contribution is 5.83. The van der Waals surface area contributed by atoms with Crippen molar-refractivity contribution < 1.29 is 9.13 Å². The molecule has 0 radical (unpaired) electrons. The number of halogens is 1. The molecule has 1 N–H and O–H groups in total. The first-order valence-electron chi connectivity index (χ1n) is 3.95. The second-order valence-electron chi connectivity index (χ2n) is 2.71. The largest absolute Gasteiger partial charge is 0.480 e. The van der Waals surface area contributed by atoms with Crippen LogP contribution in [0.25, 0.3) is 10.9 Å². The van der Waals surface area contributed by atoms with Gasteiger partial charge in [-0.1, -0.05) is 6.07 Å². The Bertz CT molecular complexity index is 536. The van der Waals surface area contributed by atoms with E-state index in [1.165, 1.54) is 19.2 Å². The van der Waals surface area contributed by atoms with Crippen molar-refractivity contribution in [1.29, 1.82) is 0 Å². The van der Waals surface area contributed by atoms with E-state index in [1.807, 2.05) is 0 Å². The summed E-state index contributed by atoms with van der Waals surface area (Å²) < 4.78 is 18.1. The highest BCUT2D eigenvalue weighted by atomic mass is 19.1. The zero-order valence-corrected chi connectivity index (χ0v) is 7.37. The molecular weight excluding hydrogens is 187 g/mol. The van der Waals surface area contributed by atoms with Gasteiger partial charge >= 0.3 is 5.69 Å². The number of aromatic nitrogens is 2. The predicted octanol–water partition coefficient (Wildman–Crippen LogP) is 1.07. The fourth-order valence-electron chi connectivity index (χ4n) is 1.28. The minimum atomic E-state index is -0.556. The standard InChI is InChI=1S/C9H7FN2O2/c1-14-8-7-5(10)3-2-4-6(7)11-9(13)12-8/h2-4H,1H3,(H,11,12,13). The zero-order chi connectivity index (χ0) is 10.1. The number of fused-ring (bicyclic) bond motifs is 1. The Labute approximate surface area is 78.4 Å². The summed E-state index contributed by atoms with van der Waals surface area (Å²) in [4.78, 5) is 16.9. The Balaban J connectivity index is 2.96. The molecular formula is C9H7FN2O2. The molecule has 5 heteroatoms. The van der Waals surface area contributed by atoms with Crippen LogP contribution in [0.2, 0.25) is 0 Å². The molecule has 0 atom stereocenters. The Kier molecular flexibility index (Phi) is 1.92. The van der Waals surface area contributed by atoms with Crippen LogP contribution in [-0.2, 0) is 0 Å². The van der Waals surface area contributed by atoms with Crippen LogP contribution >= 0.6 is 0 Å². The minimum Gasteiger partial charge on any atom is -0.480 e. The van der Waals surface area contributed by atoms with Crippen LogP contribution in [0.3, 0.4) is 0 Å². The lowest BCUT2D eigenvalue weighted by Crippen LogP contribution is -2.11. The molecule has 0 aliphatic carbocycles. The van der Waals surface area contributed by atoms with Crippen LogP contribution in [0.1, 0.15) is 0 Å². The van der Waals surface area contributed by atoms with E-state index < -0.39 is 11.5 Å². The summed E-state index contributed by atoms with van der Waals surface area (Å²) >= 11 is 0. The maximum atomic E-state index is 13.3. The quantitative estimate of drug-likeness (QED) is 0.738. The molecule has 0 aliphatic heterocycles. The van der Waals surface area contributed by atoms with Gasteiger partial charge in [-0.25, -0.2) is 9.18 Å². The summed E-state index contributed by atoms with van der Waals surface area (Å²) in [5.74, 6) is -0.468. The lowest BCUT2D eigenvalue weighted by molar-refractivity contribution is 0.399. The van der Waals surface area contributed by atoms with Crippen LogP contribution in [0, 0.1) is 5.82 Å². The minimum absolute atomic E-state index is 0.00171. The van der Waals surface area contributed by atoms with E-state index in [9.17, 15) is 9.18 Å². The lowest BCUT2D eigenvalue weighted by atomic mass is 10.2. The topological polar surface area (TPSA) is 55.0 Å². The maximum Gasteiger partial charge on any atom is 0.348 e. The van der Waals surface area contributed by atoms with Gasteiger partial charge in [0.2, 0.25) is 5.88 Å². The van der Waals surface area contributed by atoms with Gasteiger partial charge in [-0.05, 0) is 12.1 Å². The molecule has 0 fully saturated rings. The molecule has 1 aromatic heterocycles. The molecule has 0 amide bonds. The van der Waals surface area contributed by atoms with Gasteiger partial charge in [-0.15, -0.1) is 0 Å². The number of ether oxygens (including phenoxy) is 1. The number of nitrogens with zero attached hydrogens (tertiary/aromatic N) is 1. The smallest absolute Gasteiger partial charge is 0.348 e. The van der Waals surface area contributed by atoms with E-state index >= 15 is 0 Å². The number of methoxy groups -OCH3 is 1. The van der Waals surface area contributed by atoms with Crippen molar-refractivity contribution in [2.45, 2.75) is 0 Å². The molecule has 0 saturated carbocycles. The van der Waals surface area contributed by atoms with Crippen molar-refractivity contribution in [3.8, 4) is 5.88 Å². The Morgan fingerprint density at radius 1 is 1.50 bits per heavy atom. The van der Waals surface area contributed by atoms with Gasteiger partial charge < -0.3 is 9.72 Å². The van der Waals surface area contributed by atoms with E-state index in [0.717, 1.165) is 0 Å². The average Bonchev–Trinajstić information content (AvgIpc) is 2.16. The highest BCUT2D eigenvalue weighted by Crippen LogP contribution is 2.22. The zero-order valence-electron chi connectivity index (χ0n) is 7.37. The van der Waals surface area contributed by atoms with Gasteiger partial charge in [-0.3, -0.25) is 0 Å². The third-order valence-electron chi connectivity index (χ3n) is 1.87. The van der Waals surface area contributed by atoms with Crippen LogP contribution in [0.5, 0.6) is 5.88 Å². The van der Waals surface area contributed by atoms with Gasteiger partial charge in [0, 0.05) is 0 Å². The molecule has 0 saturated heterocycles. The monoisotopic (exact) mass is 194 g/mol. The van der Waals surface area contributed by atoms with Gasteiger partial charge in [0.15, 0.2) is 0 Å². The summed E-state index contributed by atoms with van der Waals surface area (Å²) in [5, 5.41) is 0.189. The highest BCUT2D eigenvalue weighted by Gasteiger charge is 2.09. The molecule has 2 rings (SSSR count).